The third-order valence-electron chi connectivity index (χ3n) is 5.02. The van der Waals surface area contributed by atoms with Crippen molar-refractivity contribution < 1.29 is 14.0 Å². The van der Waals surface area contributed by atoms with E-state index in [2.05, 4.69) is 53.6 Å². The van der Waals surface area contributed by atoms with E-state index < -0.39 is 0 Å². The lowest BCUT2D eigenvalue weighted by atomic mass is 10.0. The van der Waals surface area contributed by atoms with Crippen LogP contribution in [0, 0.1) is 5.82 Å². The van der Waals surface area contributed by atoms with E-state index in [1.807, 2.05) is 0 Å². The fraction of sp³-hybridized carbons (Fsp3) is 0.391. The van der Waals surface area contributed by atoms with Crippen LogP contribution in [0.5, 0.6) is 0 Å². The number of benzene rings is 2. The first-order chi connectivity index (χ1) is 13.9. The summed E-state index contributed by atoms with van der Waals surface area (Å²) in [7, 11) is 0. The number of anilines is 1. The Morgan fingerprint density at radius 2 is 1.69 bits per heavy atom. The summed E-state index contributed by atoms with van der Waals surface area (Å²) in [5, 5.41) is 5.30. The molecule has 2 aromatic carbocycles. The molecular weight excluding hydrogens is 369 g/mol. The van der Waals surface area contributed by atoms with Crippen LogP contribution in [-0.2, 0) is 16.1 Å². The molecule has 0 saturated heterocycles. The minimum absolute atomic E-state index is 0.113. The van der Waals surface area contributed by atoms with Gasteiger partial charge in [-0.15, -0.1) is 0 Å². The predicted octanol–water partition coefficient (Wildman–Crippen LogP) is 3.67. The van der Waals surface area contributed by atoms with Crippen LogP contribution in [0.15, 0.2) is 48.5 Å². The summed E-state index contributed by atoms with van der Waals surface area (Å²) in [5.74, 6) is -0.386. The molecule has 0 atom stereocenters. The van der Waals surface area contributed by atoms with Crippen LogP contribution >= 0.6 is 0 Å². The molecule has 0 bridgehead atoms. The molecule has 154 valence electrons. The van der Waals surface area contributed by atoms with Crippen molar-refractivity contribution in [3.05, 3.63) is 65.5 Å². The van der Waals surface area contributed by atoms with Gasteiger partial charge in [-0.25, -0.2) is 4.39 Å². The molecule has 0 heterocycles. The fourth-order valence-electron chi connectivity index (χ4n) is 3.15. The highest BCUT2D eigenvalue weighted by Gasteiger charge is 2.30. The van der Waals surface area contributed by atoms with E-state index in [-0.39, 0.29) is 30.7 Å². The second-order valence-electron chi connectivity index (χ2n) is 7.86. The molecule has 1 aliphatic rings. The quantitative estimate of drug-likeness (QED) is 0.679. The first kappa shape index (κ1) is 21.0. The molecule has 0 radical (unpaired) electrons. The Morgan fingerprint density at radius 3 is 2.28 bits per heavy atom. The second kappa shape index (κ2) is 9.65. The highest BCUT2D eigenvalue weighted by molar-refractivity contribution is 5.94. The Kier molecular flexibility index (Phi) is 6.99. The second-order valence-corrected chi connectivity index (χ2v) is 7.86. The van der Waals surface area contributed by atoms with Gasteiger partial charge >= 0.3 is 0 Å². The number of nitrogens with one attached hydrogen (secondary N) is 2. The smallest absolute Gasteiger partial charge is 0.243 e. The summed E-state index contributed by atoms with van der Waals surface area (Å²) < 4.78 is 12.9. The SMILES string of the molecule is CC(C)c1ccc(CN(CC(=O)NCC(=O)Nc2ccc(F)cc2)C2CC2)cc1. The van der Waals surface area contributed by atoms with E-state index in [4.69, 9.17) is 0 Å². The molecule has 2 N–H and O–H groups in total. The minimum atomic E-state index is -0.365. The van der Waals surface area contributed by atoms with Gasteiger partial charge in [0.15, 0.2) is 0 Å². The summed E-state index contributed by atoms with van der Waals surface area (Å²) in [6.45, 7) is 5.21. The maximum absolute atomic E-state index is 12.9. The molecule has 2 aromatic rings. The van der Waals surface area contributed by atoms with Crippen molar-refractivity contribution in [3.8, 4) is 0 Å². The van der Waals surface area contributed by atoms with Crippen LogP contribution in [-0.4, -0.2) is 35.8 Å². The zero-order chi connectivity index (χ0) is 20.8. The van der Waals surface area contributed by atoms with E-state index in [1.165, 1.54) is 35.4 Å². The van der Waals surface area contributed by atoms with E-state index in [9.17, 15) is 14.0 Å². The number of amides is 2. The van der Waals surface area contributed by atoms with Gasteiger partial charge in [0.25, 0.3) is 0 Å². The lowest BCUT2D eigenvalue weighted by molar-refractivity contribution is -0.125. The predicted molar refractivity (Wildman–Crippen MR) is 112 cm³/mol. The van der Waals surface area contributed by atoms with Crippen molar-refractivity contribution in [1.82, 2.24) is 10.2 Å². The summed E-state index contributed by atoms with van der Waals surface area (Å²) in [5.41, 5.74) is 2.98. The third kappa shape index (κ3) is 6.68. The third-order valence-corrected chi connectivity index (χ3v) is 5.02. The lowest BCUT2D eigenvalue weighted by Crippen LogP contribution is -2.41. The largest absolute Gasteiger partial charge is 0.346 e. The molecule has 1 aliphatic carbocycles. The number of nitrogens with zero attached hydrogens (tertiary/aromatic N) is 1. The first-order valence-electron chi connectivity index (χ1n) is 10.1. The Bertz CT molecular complexity index is 830. The van der Waals surface area contributed by atoms with Crippen molar-refractivity contribution in [2.75, 3.05) is 18.4 Å². The highest BCUT2D eigenvalue weighted by atomic mass is 19.1. The lowest BCUT2D eigenvalue weighted by Gasteiger charge is -2.21. The van der Waals surface area contributed by atoms with Gasteiger partial charge in [-0.05, 0) is 54.2 Å². The van der Waals surface area contributed by atoms with Gasteiger partial charge in [0, 0.05) is 18.3 Å². The van der Waals surface area contributed by atoms with Crippen molar-refractivity contribution in [2.45, 2.75) is 45.2 Å². The van der Waals surface area contributed by atoms with Gasteiger partial charge in [0.2, 0.25) is 11.8 Å². The Labute approximate surface area is 171 Å². The molecule has 5 nitrogen and oxygen atoms in total. The van der Waals surface area contributed by atoms with Crippen LogP contribution in [0.1, 0.15) is 43.7 Å². The van der Waals surface area contributed by atoms with Gasteiger partial charge in [-0.3, -0.25) is 14.5 Å². The highest BCUT2D eigenvalue weighted by Crippen LogP contribution is 2.28. The molecular formula is C23H28FN3O2. The fourth-order valence-corrected chi connectivity index (χ4v) is 3.15. The number of carbonyl (C=O) groups excluding carboxylic acids is 2. The average Bonchev–Trinajstić information content (AvgIpc) is 3.53. The Balaban J connectivity index is 1.47. The van der Waals surface area contributed by atoms with Gasteiger partial charge in [0.1, 0.15) is 5.82 Å². The molecule has 6 heteroatoms. The monoisotopic (exact) mass is 397 g/mol. The van der Waals surface area contributed by atoms with Crippen LogP contribution in [0.4, 0.5) is 10.1 Å². The first-order valence-corrected chi connectivity index (χ1v) is 10.1. The molecule has 2 amide bonds. The number of carbonyl (C=O) groups is 2. The molecule has 1 fully saturated rings. The van der Waals surface area contributed by atoms with Gasteiger partial charge in [-0.2, -0.15) is 0 Å². The van der Waals surface area contributed by atoms with Gasteiger partial charge < -0.3 is 10.6 Å². The molecule has 0 unspecified atom stereocenters. The van der Waals surface area contributed by atoms with E-state index in [0.717, 1.165) is 19.4 Å². The van der Waals surface area contributed by atoms with E-state index >= 15 is 0 Å². The summed E-state index contributed by atoms with van der Waals surface area (Å²) in [4.78, 5) is 26.5. The van der Waals surface area contributed by atoms with Gasteiger partial charge in [0.05, 0.1) is 13.1 Å². The van der Waals surface area contributed by atoms with E-state index in [0.29, 0.717) is 17.6 Å². The number of hydrogen-bond acceptors (Lipinski definition) is 3. The van der Waals surface area contributed by atoms with Crippen LogP contribution in [0.3, 0.4) is 0 Å². The van der Waals surface area contributed by atoms with Crippen LogP contribution < -0.4 is 10.6 Å². The maximum Gasteiger partial charge on any atom is 0.243 e. The number of rotatable bonds is 9. The van der Waals surface area contributed by atoms with Crippen molar-refractivity contribution in [2.24, 2.45) is 0 Å². The summed E-state index contributed by atoms with van der Waals surface area (Å²) in [6.07, 6.45) is 2.20. The van der Waals surface area contributed by atoms with Crippen LogP contribution in [0.2, 0.25) is 0 Å². The molecule has 29 heavy (non-hydrogen) atoms. The molecule has 0 spiro atoms. The number of hydrogen-bond donors (Lipinski definition) is 2. The minimum Gasteiger partial charge on any atom is -0.346 e. The van der Waals surface area contributed by atoms with Crippen molar-refractivity contribution >= 4 is 17.5 Å². The number of halogens is 1. The zero-order valence-corrected chi connectivity index (χ0v) is 17.0. The molecule has 1 saturated carbocycles. The zero-order valence-electron chi connectivity index (χ0n) is 17.0. The molecule has 0 aliphatic heterocycles. The van der Waals surface area contributed by atoms with Crippen molar-refractivity contribution in [1.29, 1.82) is 0 Å². The van der Waals surface area contributed by atoms with E-state index in [1.54, 1.807) is 0 Å². The average molecular weight is 397 g/mol. The summed E-state index contributed by atoms with van der Waals surface area (Å²) >= 11 is 0. The Morgan fingerprint density at radius 1 is 1.03 bits per heavy atom. The topological polar surface area (TPSA) is 61.4 Å². The van der Waals surface area contributed by atoms with Crippen LogP contribution in [0.25, 0.3) is 0 Å². The maximum atomic E-state index is 12.9. The van der Waals surface area contributed by atoms with Crippen molar-refractivity contribution in [3.63, 3.8) is 0 Å². The normalized spacial score (nSPS) is 13.6. The summed E-state index contributed by atoms with van der Waals surface area (Å²) in [6, 6.07) is 14.5. The standard InChI is InChI=1S/C23H28FN3O2/c1-16(2)18-5-3-17(4-6-18)14-27(21-11-12-21)15-23(29)25-13-22(28)26-20-9-7-19(24)8-10-20/h3-10,16,21H,11-15H2,1-2H3,(H,25,29)(H,26,28). The van der Waals surface area contributed by atoms with Gasteiger partial charge in [-0.1, -0.05) is 38.1 Å². The molecule has 3 rings (SSSR count). The molecule has 0 aromatic heterocycles. The Hall–Kier alpha value is -2.73.